The van der Waals surface area contributed by atoms with E-state index in [0.717, 1.165) is 48.1 Å². The van der Waals surface area contributed by atoms with Gasteiger partial charge in [0.25, 0.3) is 11.8 Å². The van der Waals surface area contributed by atoms with Crippen molar-refractivity contribution in [1.82, 2.24) is 5.32 Å². The number of ether oxygens (including phenoxy) is 3. The third-order valence-corrected chi connectivity index (χ3v) is 11.5. The van der Waals surface area contributed by atoms with Crippen molar-refractivity contribution in [3.8, 4) is 11.5 Å². The second kappa shape index (κ2) is 19.1. The fourth-order valence-electron chi connectivity index (χ4n) is 6.43. The van der Waals surface area contributed by atoms with Gasteiger partial charge in [-0.05, 0) is 86.2 Å². The van der Waals surface area contributed by atoms with Crippen molar-refractivity contribution in [2.24, 2.45) is 0 Å². The van der Waals surface area contributed by atoms with E-state index in [0.29, 0.717) is 43.8 Å². The van der Waals surface area contributed by atoms with Gasteiger partial charge < -0.3 is 30.2 Å². The predicted molar refractivity (Wildman–Crippen MR) is 222 cm³/mol. The molecule has 0 spiro atoms. The lowest BCUT2D eigenvalue weighted by atomic mass is 10.1. The molecule has 1 atom stereocenters. The number of nitrogens with one attached hydrogen (secondary N) is 3. The Hall–Kier alpha value is -5.85. The summed E-state index contributed by atoms with van der Waals surface area (Å²) in [6, 6.07) is 30.4. The quantitative estimate of drug-likeness (QED) is 0.0440. The van der Waals surface area contributed by atoms with Crippen LogP contribution in [0.3, 0.4) is 0 Å². The Kier molecular flexibility index (Phi) is 13.6. The highest BCUT2D eigenvalue weighted by atomic mass is 32.2. The molecule has 3 N–H and O–H groups in total. The van der Waals surface area contributed by atoms with Crippen LogP contribution in [0.4, 0.5) is 10.7 Å². The van der Waals surface area contributed by atoms with Crippen LogP contribution >= 0.6 is 23.1 Å². The summed E-state index contributed by atoms with van der Waals surface area (Å²) in [5.41, 5.74) is 3.50. The van der Waals surface area contributed by atoms with Crippen molar-refractivity contribution in [3.05, 3.63) is 142 Å². The second-order valence-corrected chi connectivity index (χ2v) is 15.1. The van der Waals surface area contributed by atoms with Gasteiger partial charge in [-0.2, -0.15) is 0 Å². The Labute approximate surface area is 334 Å². The van der Waals surface area contributed by atoms with Crippen LogP contribution in [0.25, 0.3) is 6.08 Å². The van der Waals surface area contributed by atoms with Gasteiger partial charge in [0, 0.05) is 26.6 Å². The summed E-state index contributed by atoms with van der Waals surface area (Å²) in [5, 5.41) is 8.58. The smallest absolute Gasteiger partial charge is 0.341 e. The molecule has 288 valence electrons. The maximum Gasteiger partial charge on any atom is 0.341 e. The highest BCUT2D eigenvalue weighted by Gasteiger charge is 2.30. The van der Waals surface area contributed by atoms with Gasteiger partial charge in [-0.3, -0.25) is 14.4 Å². The normalized spacial score (nSPS) is 13.0. The number of thioether (sulfide) groups is 1. The fourth-order valence-corrected chi connectivity index (χ4v) is 8.80. The van der Waals surface area contributed by atoms with Crippen molar-refractivity contribution in [2.45, 2.75) is 49.2 Å². The molecule has 1 aliphatic rings. The summed E-state index contributed by atoms with van der Waals surface area (Å²) >= 11 is 2.77. The van der Waals surface area contributed by atoms with E-state index in [2.05, 4.69) is 16.0 Å². The van der Waals surface area contributed by atoms with Gasteiger partial charge in [-0.15, -0.1) is 23.1 Å². The zero-order valence-corrected chi connectivity index (χ0v) is 33.0. The van der Waals surface area contributed by atoms with Gasteiger partial charge >= 0.3 is 5.97 Å². The number of aryl methyl sites for hydroxylation is 1. The number of carbonyl (C=O) groups excluding carboxylic acids is 4. The number of anilines is 2. The largest absolute Gasteiger partial charge is 0.493 e. The Morgan fingerprint density at radius 1 is 0.821 bits per heavy atom. The number of para-hydroxylation sites is 1. The lowest BCUT2D eigenvalue weighted by Crippen LogP contribution is -2.30. The van der Waals surface area contributed by atoms with Crippen LogP contribution in [0.1, 0.15) is 73.7 Å². The van der Waals surface area contributed by atoms with Crippen LogP contribution in [-0.2, 0) is 27.2 Å². The third kappa shape index (κ3) is 9.68. The average Bonchev–Trinajstić information content (AvgIpc) is 3.39. The number of methoxy groups -OCH3 is 2. The lowest BCUT2D eigenvalue weighted by molar-refractivity contribution is -0.116. The van der Waals surface area contributed by atoms with Gasteiger partial charge in [0.1, 0.15) is 15.9 Å². The maximum atomic E-state index is 14.3. The van der Waals surface area contributed by atoms with Crippen LogP contribution < -0.4 is 25.4 Å². The molecule has 5 aromatic rings. The molecule has 0 fully saturated rings. The van der Waals surface area contributed by atoms with E-state index < -0.39 is 23.0 Å². The Bertz CT molecular complexity index is 2220. The molecule has 0 saturated carbocycles. The number of amides is 3. The highest BCUT2D eigenvalue weighted by Crippen LogP contribution is 2.41. The number of esters is 1. The molecule has 1 unspecified atom stereocenters. The summed E-state index contributed by atoms with van der Waals surface area (Å²) < 4.78 is 16.5. The third-order valence-electron chi connectivity index (χ3n) is 9.09. The highest BCUT2D eigenvalue weighted by molar-refractivity contribution is 8.00. The minimum absolute atomic E-state index is 0.0308. The summed E-state index contributed by atoms with van der Waals surface area (Å²) in [7, 11) is 3.02. The minimum atomic E-state index is -0.708. The van der Waals surface area contributed by atoms with Crippen LogP contribution in [0.5, 0.6) is 11.5 Å². The summed E-state index contributed by atoms with van der Waals surface area (Å²) in [6.45, 7) is 2.01. The van der Waals surface area contributed by atoms with Crippen molar-refractivity contribution >= 4 is 63.6 Å². The molecular formula is C44H43N3O7S2. The first-order chi connectivity index (χ1) is 27.3. The molecule has 1 aliphatic carbocycles. The monoisotopic (exact) mass is 789 g/mol. The average molecular weight is 790 g/mol. The van der Waals surface area contributed by atoms with E-state index in [1.54, 1.807) is 73.7 Å². The van der Waals surface area contributed by atoms with E-state index in [1.807, 2.05) is 36.4 Å². The van der Waals surface area contributed by atoms with Crippen molar-refractivity contribution < 1.29 is 33.4 Å². The molecule has 56 heavy (non-hydrogen) atoms. The van der Waals surface area contributed by atoms with Crippen LogP contribution in [-0.4, -0.2) is 44.5 Å². The van der Waals surface area contributed by atoms with Crippen LogP contribution in [0, 0.1) is 0 Å². The zero-order chi connectivity index (χ0) is 39.4. The standard InChI is InChI=1S/C44H43N3O7S2/c1-4-54-44(51)37-33-23-12-7-13-25-36(33)56-43(37)47-42(50)39(28-16-8-5-9-17-28)55-32-22-15-21-31(27-32)45-41(49)34(46-40(48)29-18-10-6-11-19-29)26-30-20-14-24-35(52-2)38(30)53-3/h5-6,8-11,14-22,24,26-27,39H,4,7,12-13,23,25H2,1-3H3,(H,45,49)(H,46,48)(H,47,50)/b34-26+. The van der Waals surface area contributed by atoms with Gasteiger partial charge in [-0.25, -0.2) is 4.79 Å². The van der Waals surface area contributed by atoms with Crippen molar-refractivity contribution in [3.63, 3.8) is 0 Å². The number of carbonyl (C=O) groups is 4. The molecule has 0 bridgehead atoms. The van der Waals surface area contributed by atoms with Gasteiger partial charge in [0.2, 0.25) is 5.91 Å². The molecular weight excluding hydrogens is 747 g/mol. The number of benzene rings is 4. The molecule has 1 aromatic heterocycles. The number of rotatable bonds is 14. The first kappa shape index (κ1) is 39.8. The van der Waals surface area contributed by atoms with E-state index in [-0.39, 0.29) is 18.2 Å². The van der Waals surface area contributed by atoms with Gasteiger partial charge in [-0.1, -0.05) is 73.2 Å². The number of hydrogen-bond acceptors (Lipinski definition) is 9. The molecule has 10 nitrogen and oxygen atoms in total. The number of fused-ring (bicyclic) bond motifs is 1. The molecule has 4 aromatic carbocycles. The molecule has 0 radical (unpaired) electrons. The second-order valence-electron chi connectivity index (χ2n) is 12.8. The SMILES string of the molecule is CCOC(=O)c1c(NC(=O)C(Sc2cccc(NC(=O)/C(=C\c3cccc(OC)c3OC)NC(=O)c3ccccc3)c2)c2ccccc2)sc2c1CCCCC2. The lowest BCUT2D eigenvalue weighted by Gasteiger charge is -2.18. The Balaban J connectivity index is 1.28. The van der Waals surface area contributed by atoms with E-state index >= 15 is 0 Å². The molecule has 0 aliphatic heterocycles. The molecule has 3 amide bonds. The van der Waals surface area contributed by atoms with Crippen molar-refractivity contribution in [2.75, 3.05) is 31.5 Å². The Morgan fingerprint density at radius 3 is 2.29 bits per heavy atom. The minimum Gasteiger partial charge on any atom is -0.493 e. The van der Waals surface area contributed by atoms with Crippen molar-refractivity contribution in [1.29, 1.82) is 0 Å². The summed E-state index contributed by atoms with van der Waals surface area (Å²) in [6.07, 6.45) is 6.26. The number of thiophene rings is 1. The van der Waals surface area contributed by atoms with Gasteiger partial charge in [0.15, 0.2) is 11.5 Å². The first-order valence-corrected chi connectivity index (χ1v) is 20.0. The molecule has 12 heteroatoms. The van der Waals surface area contributed by atoms with E-state index in [4.69, 9.17) is 14.2 Å². The zero-order valence-electron chi connectivity index (χ0n) is 31.4. The molecule has 6 rings (SSSR count). The van der Waals surface area contributed by atoms with Crippen LogP contribution in [0.15, 0.2) is 114 Å². The maximum absolute atomic E-state index is 14.3. The Morgan fingerprint density at radius 2 is 1.55 bits per heavy atom. The van der Waals surface area contributed by atoms with E-state index in [9.17, 15) is 19.2 Å². The summed E-state index contributed by atoms with van der Waals surface area (Å²) in [4.78, 5) is 56.6. The van der Waals surface area contributed by atoms with Gasteiger partial charge in [0.05, 0.1) is 26.4 Å². The predicted octanol–water partition coefficient (Wildman–Crippen LogP) is 9.09. The first-order valence-electron chi connectivity index (χ1n) is 18.3. The number of hydrogen-bond donors (Lipinski definition) is 3. The summed E-state index contributed by atoms with van der Waals surface area (Å²) in [5.74, 6) is -0.911. The molecule has 1 heterocycles. The van der Waals surface area contributed by atoms with Crippen LogP contribution in [0.2, 0.25) is 0 Å². The van der Waals surface area contributed by atoms with E-state index in [1.165, 1.54) is 43.4 Å². The topological polar surface area (TPSA) is 132 Å². The fraction of sp³-hybridized carbons (Fsp3) is 0.227. The molecule has 0 saturated heterocycles.